The van der Waals surface area contributed by atoms with Gasteiger partial charge in [0.25, 0.3) is 0 Å². The third-order valence-electron chi connectivity index (χ3n) is 3.41. The summed E-state index contributed by atoms with van der Waals surface area (Å²) in [4.78, 5) is 11.5. The average Bonchev–Trinajstić information content (AvgIpc) is 2.50. The van der Waals surface area contributed by atoms with Gasteiger partial charge in [0, 0.05) is 0 Å². The number of unbranched alkanes of at least 4 members (excludes halogenated alkanes) is 5. The Labute approximate surface area is 128 Å². The molecule has 0 radical (unpaired) electrons. The van der Waals surface area contributed by atoms with Crippen LogP contribution in [-0.2, 0) is 11.2 Å². The number of carbonyl (C=O) groups is 1. The molecule has 0 heterocycles. The zero-order valence-corrected chi connectivity index (χ0v) is 13.4. The summed E-state index contributed by atoms with van der Waals surface area (Å²) in [7, 11) is 0. The molecule has 0 aromatic heterocycles. The van der Waals surface area contributed by atoms with E-state index in [1.54, 1.807) is 0 Å². The van der Waals surface area contributed by atoms with E-state index >= 15 is 0 Å². The predicted molar refractivity (Wildman–Crippen MR) is 85.8 cm³/mol. The smallest absolute Gasteiger partial charge is 0.434 e. The van der Waals surface area contributed by atoms with Crippen LogP contribution in [0.15, 0.2) is 24.3 Å². The Morgan fingerprint density at radius 2 is 1.57 bits per heavy atom. The van der Waals surface area contributed by atoms with Gasteiger partial charge in [-0.05, 0) is 37.0 Å². The molecular formula is C18H28O3. The van der Waals surface area contributed by atoms with Crippen molar-refractivity contribution in [3.63, 3.8) is 0 Å². The lowest BCUT2D eigenvalue weighted by Gasteiger charge is -2.06. The monoisotopic (exact) mass is 292 g/mol. The van der Waals surface area contributed by atoms with Gasteiger partial charge >= 0.3 is 6.16 Å². The third-order valence-corrected chi connectivity index (χ3v) is 3.41. The van der Waals surface area contributed by atoms with E-state index in [4.69, 9.17) is 9.47 Å². The summed E-state index contributed by atoms with van der Waals surface area (Å²) in [5.74, 6) is 0.549. The van der Waals surface area contributed by atoms with Crippen molar-refractivity contribution in [3.8, 4) is 5.75 Å². The van der Waals surface area contributed by atoms with E-state index in [9.17, 15) is 4.79 Å². The maximum Gasteiger partial charge on any atom is 0.513 e. The third kappa shape index (κ3) is 8.38. The SMILES string of the molecule is CCCCCCc1ccc(OC(=O)OCCCCC)cc1. The fourth-order valence-electron chi connectivity index (χ4n) is 2.11. The summed E-state index contributed by atoms with van der Waals surface area (Å²) in [6.45, 7) is 4.76. The standard InChI is InChI=1S/C18H28O3/c1-3-5-7-8-10-16-11-13-17(14-12-16)21-18(19)20-15-9-6-4-2/h11-14H,3-10,15H2,1-2H3. The van der Waals surface area contributed by atoms with Crippen molar-refractivity contribution in [1.82, 2.24) is 0 Å². The number of ether oxygens (including phenoxy) is 2. The number of rotatable bonds is 10. The summed E-state index contributed by atoms with van der Waals surface area (Å²) in [6, 6.07) is 7.71. The summed E-state index contributed by atoms with van der Waals surface area (Å²) in [6.07, 6.45) is 8.59. The highest BCUT2D eigenvalue weighted by Crippen LogP contribution is 2.15. The summed E-state index contributed by atoms with van der Waals surface area (Å²) >= 11 is 0. The molecule has 3 nitrogen and oxygen atoms in total. The molecule has 0 saturated carbocycles. The highest BCUT2D eigenvalue weighted by Gasteiger charge is 2.05. The molecule has 0 fully saturated rings. The first kappa shape index (κ1) is 17.5. The topological polar surface area (TPSA) is 35.5 Å². The second-order valence-electron chi connectivity index (χ2n) is 5.36. The molecule has 0 unspecified atom stereocenters. The van der Waals surface area contributed by atoms with Crippen LogP contribution >= 0.6 is 0 Å². The van der Waals surface area contributed by atoms with Crippen molar-refractivity contribution in [1.29, 1.82) is 0 Å². The van der Waals surface area contributed by atoms with Gasteiger partial charge < -0.3 is 9.47 Å². The van der Waals surface area contributed by atoms with Crippen LogP contribution in [0, 0.1) is 0 Å². The van der Waals surface area contributed by atoms with Crippen LogP contribution in [0.1, 0.15) is 64.4 Å². The minimum absolute atomic E-state index is 0.433. The average molecular weight is 292 g/mol. The van der Waals surface area contributed by atoms with Crippen molar-refractivity contribution >= 4 is 6.16 Å². The molecular weight excluding hydrogens is 264 g/mol. The first-order chi connectivity index (χ1) is 10.3. The van der Waals surface area contributed by atoms with Crippen LogP contribution in [0.5, 0.6) is 5.75 Å². The lowest BCUT2D eigenvalue weighted by molar-refractivity contribution is 0.0974. The van der Waals surface area contributed by atoms with E-state index in [1.807, 2.05) is 24.3 Å². The molecule has 0 atom stereocenters. The Morgan fingerprint density at radius 1 is 0.905 bits per heavy atom. The first-order valence-corrected chi connectivity index (χ1v) is 8.19. The van der Waals surface area contributed by atoms with E-state index in [0.29, 0.717) is 12.4 Å². The Morgan fingerprint density at radius 3 is 2.24 bits per heavy atom. The fraction of sp³-hybridized carbons (Fsp3) is 0.611. The molecule has 0 aliphatic rings. The predicted octanol–water partition coefficient (Wildman–Crippen LogP) is 5.52. The van der Waals surface area contributed by atoms with Crippen molar-refractivity contribution in [2.75, 3.05) is 6.61 Å². The van der Waals surface area contributed by atoms with Crippen LogP contribution in [0.4, 0.5) is 4.79 Å². The molecule has 0 aliphatic carbocycles. The highest BCUT2D eigenvalue weighted by atomic mass is 16.7. The molecule has 0 saturated heterocycles. The van der Waals surface area contributed by atoms with Gasteiger partial charge in [-0.1, -0.05) is 58.1 Å². The molecule has 0 spiro atoms. The largest absolute Gasteiger partial charge is 0.513 e. The number of hydrogen-bond donors (Lipinski definition) is 0. The molecule has 1 aromatic rings. The Balaban J connectivity index is 2.25. The minimum Gasteiger partial charge on any atom is -0.434 e. The van der Waals surface area contributed by atoms with Crippen molar-refractivity contribution < 1.29 is 14.3 Å². The maximum absolute atomic E-state index is 11.5. The van der Waals surface area contributed by atoms with Crippen LogP contribution in [-0.4, -0.2) is 12.8 Å². The molecule has 0 aliphatic heterocycles. The van der Waals surface area contributed by atoms with Crippen LogP contribution < -0.4 is 4.74 Å². The molecule has 118 valence electrons. The van der Waals surface area contributed by atoms with Crippen molar-refractivity contribution in [3.05, 3.63) is 29.8 Å². The molecule has 0 N–H and O–H groups in total. The van der Waals surface area contributed by atoms with E-state index in [1.165, 1.54) is 31.2 Å². The fourth-order valence-corrected chi connectivity index (χ4v) is 2.11. The molecule has 0 bridgehead atoms. The quantitative estimate of drug-likeness (QED) is 0.324. The zero-order valence-electron chi connectivity index (χ0n) is 13.4. The number of aryl methyl sites for hydroxylation is 1. The lowest BCUT2D eigenvalue weighted by atomic mass is 10.1. The normalized spacial score (nSPS) is 10.4. The second kappa shape index (κ2) is 11.2. The number of benzene rings is 1. The van der Waals surface area contributed by atoms with Crippen LogP contribution in [0.3, 0.4) is 0 Å². The first-order valence-electron chi connectivity index (χ1n) is 8.19. The van der Waals surface area contributed by atoms with Gasteiger partial charge in [0.05, 0.1) is 6.61 Å². The Bertz CT molecular complexity index is 384. The lowest BCUT2D eigenvalue weighted by Crippen LogP contribution is -2.11. The van der Waals surface area contributed by atoms with Gasteiger partial charge in [0.1, 0.15) is 5.75 Å². The molecule has 1 aromatic carbocycles. The maximum atomic E-state index is 11.5. The van der Waals surface area contributed by atoms with E-state index < -0.39 is 6.16 Å². The summed E-state index contributed by atoms with van der Waals surface area (Å²) in [5, 5.41) is 0. The van der Waals surface area contributed by atoms with Gasteiger partial charge in [-0.3, -0.25) is 0 Å². The van der Waals surface area contributed by atoms with E-state index in [-0.39, 0.29) is 0 Å². The van der Waals surface area contributed by atoms with Crippen molar-refractivity contribution in [2.24, 2.45) is 0 Å². The van der Waals surface area contributed by atoms with Gasteiger partial charge in [-0.15, -0.1) is 0 Å². The number of carbonyl (C=O) groups excluding carboxylic acids is 1. The van der Waals surface area contributed by atoms with Gasteiger partial charge in [-0.25, -0.2) is 4.79 Å². The molecule has 21 heavy (non-hydrogen) atoms. The van der Waals surface area contributed by atoms with Gasteiger partial charge in [0.2, 0.25) is 0 Å². The van der Waals surface area contributed by atoms with Crippen LogP contribution in [0.25, 0.3) is 0 Å². The van der Waals surface area contributed by atoms with Crippen molar-refractivity contribution in [2.45, 2.75) is 65.2 Å². The van der Waals surface area contributed by atoms with E-state index in [2.05, 4.69) is 13.8 Å². The van der Waals surface area contributed by atoms with E-state index in [0.717, 1.165) is 25.7 Å². The highest BCUT2D eigenvalue weighted by molar-refractivity contribution is 5.63. The second-order valence-corrected chi connectivity index (χ2v) is 5.36. The Hall–Kier alpha value is -1.51. The Kier molecular flexibility index (Phi) is 9.34. The minimum atomic E-state index is -0.609. The number of hydrogen-bond acceptors (Lipinski definition) is 3. The van der Waals surface area contributed by atoms with Gasteiger partial charge in [-0.2, -0.15) is 0 Å². The summed E-state index contributed by atoms with van der Waals surface area (Å²) < 4.78 is 10.1. The molecule has 3 heteroatoms. The molecule has 1 rings (SSSR count). The van der Waals surface area contributed by atoms with Gasteiger partial charge in [0.15, 0.2) is 0 Å². The molecule has 0 amide bonds. The van der Waals surface area contributed by atoms with Crippen LogP contribution in [0.2, 0.25) is 0 Å². The zero-order chi connectivity index (χ0) is 15.3. The summed E-state index contributed by atoms with van der Waals surface area (Å²) in [5.41, 5.74) is 1.29.